The van der Waals surface area contributed by atoms with Crippen LogP contribution in [0.15, 0.2) is 12.5 Å². The van der Waals surface area contributed by atoms with Crippen molar-refractivity contribution in [1.82, 2.24) is 20.6 Å². The Balaban J connectivity index is 2.45. The molecule has 0 aromatic carbocycles. The summed E-state index contributed by atoms with van der Waals surface area (Å²) >= 11 is 0. The van der Waals surface area contributed by atoms with E-state index < -0.39 is 18.0 Å². The molecule has 0 fully saturated rings. The first-order valence-corrected chi connectivity index (χ1v) is 6.80. The maximum absolute atomic E-state index is 11.7. The van der Waals surface area contributed by atoms with Gasteiger partial charge in [0.15, 0.2) is 0 Å². The predicted molar refractivity (Wildman–Crippen MR) is 74.4 cm³/mol. The van der Waals surface area contributed by atoms with Crippen molar-refractivity contribution in [2.75, 3.05) is 0 Å². The molecule has 1 unspecified atom stereocenters. The number of hydrogen-bond acceptors (Lipinski definition) is 3. The minimum absolute atomic E-state index is 0.0246. The molecule has 1 aromatic heterocycles. The van der Waals surface area contributed by atoms with Crippen LogP contribution in [0.25, 0.3) is 0 Å². The molecule has 0 bridgehead atoms. The lowest BCUT2D eigenvalue weighted by molar-refractivity contribution is -0.139. The SMILES string of the molecule is CCCCC(C)NC(=O)N[C@H](Cc1cnc[nH]1)C(=O)O. The van der Waals surface area contributed by atoms with Crippen LogP contribution in [0.5, 0.6) is 0 Å². The molecule has 112 valence electrons. The Morgan fingerprint density at radius 3 is 2.75 bits per heavy atom. The third-order valence-electron chi connectivity index (χ3n) is 2.95. The first kappa shape index (κ1) is 16.0. The van der Waals surface area contributed by atoms with Crippen molar-refractivity contribution in [2.24, 2.45) is 0 Å². The summed E-state index contributed by atoms with van der Waals surface area (Å²) in [6.45, 7) is 3.98. The molecule has 7 heteroatoms. The minimum atomic E-state index is -1.07. The molecule has 7 nitrogen and oxygen atoms in total. The predicted octanol–water partition coefficient (Wildman–Crippen LogP) is 1.28. The van der Waals surface area contributed by atoms with Crippen molar-refractivity contribution in [1.29, 1.82) is 0 Å². The Labute approximate surface area is 118 Å². The molecule has 0 aliphatic heterocycles. The number of H-pyrrole nitrogens is 1. The summed E-state index contributed by atoms with van der Waals surface area (Å²) in [6.07, 6.45) is 6.15. The zero-order valence-electron chi connectivity index (χ0n) is 11.8. The van der Waals surface area contributed by atoms with Crippen LogP contribution in [0.2, 0.25) is 0 Å². The summed E-state index contributed by atoms with van der Waals surface area (Å²) in [6, 6.07) is -1.41. The topological polar surface area (TPSA) is 107 Å². The number of imidazole rings is 1. The number of unbranched alkanes of at least 4 members (excludes halogenated alkanes) is 1. The van der Waals surface area contributed by atoms with Crippen LogP contribution in [0.4, 0.5) is 4.79 Å². The molecule has 0 radical (unpaired) electrons. The van der Waals surface area contributed by atoms with Crippen LogP contribution < -0.4 is 10.6 Å². The highest BCUT2D eigenvalue weighted by Gasteiger charge is 2.21. The standard InChI is InChI=1S/C13H22N4O3/c1-3-4-5-9(2)16-13(20)17-11(12(18)19)6-10-7-14-8-15-10/h7-9,11H,3-6H2,1-2H3,(H,14,15)(H,18,19)(H2,16,17,20)/t9?,11-/m1/s1. The molecule has 4 N–H and O–H groups in total. The monoisotopic (exact) mass is 282 g/mol. The lowest BCUT2D eigenvalue weighted by atomic mass is 10.1. The summed E-state index contributed by atoms with van der Waals surface area (Å²) in [5, 5.41) is 14.3. The van der Waals surface area contributed by atoms with Crippen molar-refractivity contribution >= 4 is 12.0 Å². The van der Waals surface area contributed by atoms with Gasteiger partial charge in [-0.05, 0) is 13.3 Å². The molecule has 1 rings (SSSR count). The molecule has 0 aliphatic carbocycles. The van der Waals surface area contributed by atoms with Crippen LogP contribution in [0.3, 0.4) is 0 Å². The van der Waals surface area contributed by atoms with Gasteiger partial charge < -0.3 is 20.7 Å². The second-order valence-electron chi connectivity index (χ2n) is 4.83. The molecule has 1 aromatic rings. The first-order chi connectivity index (χ1) is 9.52. The van der Waals surface area contributed by atoms with E-state index in [-0.39, 0.29) is 12.5 Å². The number of aromatic amines is 1. The van der Waals surface area contributed by atoms with Gasteiger partial charge in [-0.2, -0.15) is 0 Å². The van der Waals surface area contributed by atoms with Gasteiger partial charge in [0.2, 0.25) is 0 Å². The first-order valence-electron chi connectivity index (χ1n) is 6.80. The molecule has 20 heavy (non-hydrogen) atoms. The second-order valence-corrected chi connectivity index (χ2v) is 4.83. The summed E-state index contributed by atoms with van der Waals surface area (Å²) in [7, 11) is 0. The fraction of sp³-hybridized carbons (Fsp3) is 0.615. The van der Waals surface area contributed by atoms with Crippen molar-refractivity contribution in [3.8, 4) is 0 Å². The van der Waals surface area contributed by atoms with Crippen LogP contribution in [-0.2, 0) is 11.2 Å². The fourth-order valence-electron chi connectivity index (χ4n) is 1.82. The van der Waals surface area contributed by atoms with Gasteiger partial charge in [0.25, 0.3) is 0 Å². The maximum Gasteiger partial charge on any atom is 0.326 e. The zero-order chi connectivity index (χ0) is 15.0. The highest BCUT2D eigenvalue weighted by atomic mass is 16.4. The number of nitrogens with zero attached hydrogens (tertiary/aromatic N) is 1. The third kappa shape index (κ3) is 5.73. The van der Waals surface area contributed by atoms with Gasteiger partial charge in [0.1, 0.15) is 6.04 Å². The van der Waals surface area contributed by atoms with Gasteiger partial charge in [-0.1, -0.05) is 19.8 Å². The van der Waals surface area contributed by atoms with Crippen molar-refractivity contribution in [3.05, 3.63) is 18.2 Å². The lowest BCUT2D eigenvalue weighted by Gasteiger charge is -2.17. The number of urea groups is 1. The summed E-state index contributed by atoms with van der Waals surface area (Å²) < 4.78 is 0. The molecule has 2 atom stereocenters. The Morgan fingerprint density at radius 2 is 2.20 bits per heavy atom. The molecular formula is C13H22N4O3. The van der Waals surface area contributed by atoms with Gasteiger partial charge in [-0.3, -0.25) is 0 Å². The normalized spacial score (nSPS) is 13.5. The van der Waals surface area contributed by atoms with E-state index >= 15 is 0 Å². The van der Waals surface area contributed by atoms with E-state index in [1.807, 2.05) is 6.92 Å². The van der Waals surface area contributed by atoms with E-state index in [4.69, 9.17) is 5.11 Å². The number of carbonyl (C=O) groups is 2. The maximum atomic E-state index is 11.7. The van der Waals surface area contributed by atoms with E-state index in [9.17, 15) is 9.59 Å². The summed E-state index contributed by atoms with van der Waals surface area (Å²) in [4.78, 5) is 29.5. The van der Waals surface area contributed by atoms with Gasteiger partial charge in [-0.15, -0.1) is 0 Å². The highest BCUT2D eigenvalue weighted by Crippen LogP contribution is 2.01. The van der Waals surface area contributed by atoms with E-state index in [2.05, 4.69) is 27.5 Å². The zero-order valence-corrected chi connectivity index (χ0v) is 11.8. The molecule has 0 saturated carbocycles. The average Bonchev–Trinajstić information content (AvgIpc) is 2.88. The summed E-state index contributed by atoms with van der Waals surface area (Å²) in [5.74, 6) is -1.07. The van der Waals surface area contributed by atoms with Crippen LogP contribution in [0.1, 0.15) is 38.8 Å². The second kappa shape index (κ2) is 8.19. The summed E-state index contributed by atoms with van der Waals surface area (Å²) in [5.41, 5.74) is 0.664. The minimum Gasteiger partial charge on any atom is -0.480 e. The molecule has 1 heterocycles. The Hall–Kier alpha value is -2.05. The largest absolute Gasteiger partial charge is 0.480 e. The van der Waals surface area contributed by atoms with E-state index in [1.54, 1.807) is 6.20 Å². The number of hydrogen-bond donors (Lipinski definition) is 4. The lowest BCUT2D eigenvalue weighted by Crippen LogP contribution is -2.49. The smallest absolute Gasteiger partial charge is 0.326 e. The number of carboxylic acids is 1. The molecule has 2 amide bonds. The molecular weight excluding hydrogens is 260 g/mol. The van der Waals surface area contributed by atoms with Gasteiger partial charge in [-0.25, -0.2) is 14.6 Å². The number of carboxylic acid groups (broad SMARTS) is 1. The number of aromatic nitrogens is 2. The Kier molecular flexibility index (Phi) is 6.55. The van der Waals surface area contributed by atoms with Crippen molar-refractivity contribution in [3.63, 3.8) is 0 Å². The van der Waals surface area contributed by atoms with E-state index in [0.717, 1.165) is 19.3 Å². The average molecular weight is 282 g/mol. The number of carbonyl (C=O) groups excluding carboxylic acids is 1. The fourth-order valence-corrected chi connectivity index (χ4v) is 1.82. The van der Waals surface area contributed by atoms with Gasteiger partial charge in [0.05, 0.1) is 6.33 Å². The number of nitrogens with one attached hydrogen (secondary N) is 3. The number of amides is 2. The van der Waals surface area contributed by atoms with Crippen molar-refractivity contribution in [2.45, 2.75) is 51.6 Å². The number of aliphatic carboxylic acids is 1. The highest BCUT2D eigenvalue weighted by molar-refractivity contribution is 5.82. The Morgan fingerprint density at radius 1 is 1.45 bits per heavy atom. The van der Waals surface area contributed by atoms with Gasteiger partial charge in [0, 0.05) is 24.4 Å². The van der Waals surface area contributed by atoms with E-state index in [0.29, 0.717) is 5.69 Å². The quantitative estimate of drug-likeness (QED) is 0.576. The molecule has 0 spiro atoms. The third-order valence-corrected chi connectivity index (χ3v) is 2.95. The van der Waals surface area contributed by atoms with Crippen LogP contribution >= 0.6 is 0 Å². The van der Waals surface area contributed by atoms with Crippen LogP contribution in [0, 0.1) is 0 Å². The van der Waals surface area contributed by atoms with Crippen LogP contribution in [-0.4, -0.2) is 39.2 Å². The number of rotatable bonds is 8. The van der Waals surface area contributed by atoms with Crippen molar-refractivity contribution < 1.29 is 14.7 Å². The Bertz CT molecular complexity index is 419. The van der Waals surface area contributed by atoms with Gasteiger partial charge >= 0.3 is 12.0 Å². The van der Waals surface area contributed by atoms with E-state index in [1.165, 1.54) is 6.33 Å². The molecule has 0 saturated heterocycles. The molecule has 0 aliphatic rings.